The van der Waals surface area contributed by atoms with Crippen molar-refractivity contribution < 1.29 is 8.42 Å². The highest BCUT2D eigenvalue weighted by molar-refractivity contribution is 7.93. The van der Waals surface area contributed by atoms with E-state index in [4.69, 9.17) is 17.4 Å². The number of thiazole rings is 1. The van der Waals surface area contributed by atoms with Crippen molar-refractivity contribution in [2.24, 2.45) is 5.84 Å². The number of rotatable bonds is 5. The fourth-order valence-corrected chi connectivity index (χ4v) is 3.83. The molecule has 2 aromatic rings. The predicted molar refractivity (Wildman–Crippen MR) is 84.1 cm³/mol. The summed E-state index contributed by atoms with van der Waals surface area (Å²) in [6.07, 6.45) is 1.17. The van der Waals surface area contributed by atoms with E-state index in [0.717, 1.165) is 5.69 Å². The third-order valence-electron chi connectivity index (χ3n) is 2.60. The number of nitrogen functional groups attached to an aromatic ring is 1. The number of hydrogen-bond acceptors (Lipinski definition) is 7. The molecule has 21 heavy (non-hydrogen) atoms. The zero-order valence-corrected chi connectivity index (χ0v) is 13.7. The second kappa shape index (κ2) is 6.14. The lowest BCUT2D eigenvalue weighted by Gasteiger charge is -2.07. The number of halogens is 1. The van der Waals surface area contributed by atoms with Crippen molar-refractivity contribution >= 4 is 43.9 Å². The molecular formula is C11H14ClN5O2S2. The van der Waals surface area contributed by atoms with Gasteiger partial charge in [0, 0.05) is 11.6 Å². The number of aromatic nitrogens is 2. The molecule has 2 rings (SSSR count). The van der Waals surface area contributed by atoms with Gasteiger partial charge < -0.3 is 5.43 Å². The number of anilines is 2. The Kier molecular flexibility index (Phi) is 4.67. The predicted octanol–water partition coefficient (Wildman–Crippen LogP) is 2.40. The van der Waals surface area contributed by atoms with Crippen molar-refractivity contribution in [1.82, 2.24) is 9.97 Å². The van der Waals surface area contributed by atoms with E-state index in [1.54, 1.807) is 0 Å². The van der Waals surface area contributed by atoms with Crippen molar-refractivity contribution in [3.63, 3.8) is 0 Å². The van der Waals surface area contributed by atoms with Gasteiger partial charge in [0.15, 0.2) is 10.9 Å². The molecular weight excluding hydrogens is 334 g/mol. The molecule has 2 heterocycles. The van der Waals surface area contributed by atoms with Crippen LogP contribution in [0.5, 0.6) is 0 Å². The fraction of sp³-hybridized carbons (Fsp3) is 0.273. The first-order valence-electron chi connectivity index (χ1n) is 5.94. The molecule has 0 spiro atoms. The number of hydrogen-bond donors (Lipinski definition) is 3. The molecule has 114 valence electrons. The Morgan fingerprint density at radius 2 is 2.14 bits per heavy atom. The molecule has 0 fully saturated rings. The number of nitrogens with two attached hydrogens (primary N) is 1. The first-order chi connectivity index (χ1) is 9.83. The van der Waals surface area contributed by atoms with Gasteiger partial charge in [-0.25, -0.2) is 24.2 Å². The molecule has 0 aliphatic heterocycles. The van der Waals surface area contributed by atoms with Gasteiger partial charge in [0.2, 0.25) is 0 Å². The quantitative estimate of drug-likeness (QED) is 0.566. The molecule has 0 aromatic carbocycles. The van der Waals surface area contributed by atoms with E-state index in [1.165, 1.54) is 23.6 Å². The lowest BCUT2D eigenvalue weighted by molar-refractivity contribution is 0.601. The maximum Gasteiger partial charge on any atom is 0.265 e. The molecule has 2 aromatic heterocycles. The molecule has 10 heteroatoms. The molecule has 7 nitrogen and oxygen atoms in total. The topological polar surface area (TPSA) is 110 Å². The smallest absolute Gasteiger partial charge is 0.265 e. The SMILES string of the molecule is CC(C)c1csc(NS(=O)(=O)c2cnc(NN)c(Cl)c2)n1. The Hall–Kier alpha value is -1.42. The standard InChI is InChI=1S/C11H14ClN5O2S2/c1-6(2)9-5-20-11(15-9)17-21(18,19)7-3-8(12)10(16-13)14-4-7/h3-6H,13H2,1-2H3,(H,14,16)(H,15,17). The van der Waals surface area contributed by atoms with Crippen LogP contribution in [0.25, 0.3) is 0 Å². The van der Waals surface area contributed by atoms with Crippen molar-refractivity contribution in [2.75, 3.05) is 10.1 Å². The van der Waals surface area contributed by atoms with Crippen molar-refractivity contribution in [3.8, 4) is 0 Å². The number of pyridine rings is 1. The van der Waals surface area contributed by atoms with Gasteiger partial charge in [-0.15, -0.1) is 11.3 Å². The van der Waals surface area contributed by atoms with E-state index >= 15 is 0 Å². The second-order valence-electron chi connectivity index (χ2n) is 4.48. The van der Waals surface area contributed by atoms with E-state index in [-0.39, 0.29) is 21.7 Å². The lowest BCUT2D eigenvalue weighted by Crippen LogP contribution is -2.15. The Morgan fingerprint density at radius 3 is 2.67 bits per heavy atom. The maximum atomic E-state index is 12.2. The molecule has 0 saturated carbocycles. The molecule has 0 aliphatic rings. The van der Waals surface area contributed by atoms with Gasteiger partial charge in [-0.3, -0.25) is 4.72 Å². The van der Waals surface area contributed by atoms with Gasteiger partial charge in [0.1, 0.15) is 4.90 Å². The Labute approximate surface area is 131 Å². The highest BCUT2D eigenvalue weighted by atomic mass is 35.5. The van der Waals surface area contributed by atoms with Gasteiger partial charge in [0.05, 0.1) is 10.7 Å². The molecule has 0 bridgehead atoms. The molecule has 0 aliphatic carbocycles. The largest absolute Gasteiger partial charge is 0.307 e. The van der Waals surface area contributed by atoms with Crippen molar-refractivity contribution in [3.05, 3.63) is 28.4 Å². The van der Waals surface area contributed by atoms with Crippen LogP contribution in [0.3, 0.4) is 0 Å². The average Bonchev–Trinajstić information content (AvgIpc) is 2.86. The van der Waals surface area contributed by atoms with Crippen LogP contribution in [-0.2, 0) is 10.0 Å². The monoisotopic (exact) mass is 347 g/mol. The maximum absolute atomic E-state index is 12.2. The van der Waals surface area contributed by atoms with Crippen LogP contribution in [0, 0.1) is 0 Å². The van der Waals surface area contributed by atoms with Gasteiger partial charge in [0.25, 0.3) is 10.0 Å². The summed E-state index contributed by atoms with van der Waals surface area (Å²) in [5.74, 6) is 5.62. The number of nitrogens with one attached hydrogen (secondary N) is 2. The fourth-order valence-electron chi connectivity index (χ4n) is 1.45. The second-order valence-corrected chi connectivity index (χ2v) is 7.43. The summed E-state index contributed by atoms with van der Waals surface area (Å²) in [7, 11) is -3.79. The molecule has 0 unspecified atom stereocenters. The summed E-state index contributed by atoms with van der Waals surface area (Å²) in [5.41, 5.74) is 3.10. The first kappa shape index (κ1) is 16.0. The number of nitrogens with zero attached hydrogens (tertiary/aromatic N) is 2. The van der Waals surface area contributed by atoms with Crippen LogP contribution in [0.2, 0.25) is 5.02 Å². The Bertz CT molecular complexity index is 745. The minimum absolute atomic E-state index is 0.0622. The molecule has 0 amide bonds. The van der Waals surface area contributed by atoms with Gasteiger partial charge >= 0.3 is 0 Å². The van der Waals surface area contributed by atoms with Crippen LogP contribution in [0.1, 0.15) is 25.5 Å². The number of hydrazine groups is 1. The molecule has 4 N–H and O–H groups in total. The van der Waals surface area contributed by atoms with Gasteiger partial charge in [-0.2, -0.15) is 0 Å². The normalized spacial score (nSPS) is 11.7. The highest BCUT2D eigenvalue weighted by Crippen LogP contribution is 2.26. The summed E-state index contributed by atoms with van der Waals surface area (Å²) in [6.45, 7) is 3.96. The summed E-state index contributed by atoms with van der Waals surface area (Å²) in [6, 6.07) is 1.27. The molecule has 0 atom stereocenters. The minimum Gasteiger partial charge on any atom is -0.307 e. The highest BCUT2D eigenvalue weighted by Gasteiger charge is 2.18. The van der Waals surface area contributed by atoms with E-state index in [9.17, 15) is 8.42 Å². The zero-order valence-electron chi connectivity index (χ0n) is 11.3. The minimum atomic E-state index is -3.79. The number of sulfonamides is 1. The Balaban J connectivity index is 2.27. The van der Waals surface area contributed by atoms with Gasteiger partial charge in [-0.05, 0) is 12.0 Å². The van der Waals surface area contributed by atoms with Crippen LogP contribution in [0.4, 0.5) is 10.9 Å². The summed E-state index contributed by atoms with van der Waals surface area (Å²) < 4.78 is 26.9. The van der Waals surface area contributed by atoms with Crippen molar-refractivity contribution in [1.29, 1.82) is 0 Å². The first-order valence-corrected chi connectivity index (χ1v) is 8.68. The summed E-state index contributed by atoms with van der Waals surface area (Å²) in [4.78, 5) is 7.99. The van der Waals surface area contributed by atoms with E-state index in [0.29, 0.717) is 5.13 Å². The molecule has 0 saturated heterocycles. The lowest BCUT2D eigenvalue weighted by atomic mass is 10.2. The van der Waals surface area contributed by atoms with E-state index < -0.39 is 10.0 Å². The molecule has 0 radical (unpaired) electrons. The van der Waals surface area contributed by atoms with Crippen LogP contribution < -0.4 is 16.0 Å². The van der Waals surface area contributed by atoms with Crippen LogP contribution in [-0.4, -0.2) is 18.4 Å². The Morgan fingerprint density at radius 1 is 1.43 bits per heavy atom. The summed E-state index contributed by atoms with van der Waals surface area (Å²) >= 11 is 7.10. The summed E-state index contributed by atoms with van der Waals surface area (Å²) in [5, 5.41) is 2.23. The third-order valence-corrected chi connectivity index (χ3v) is 5.10. The van der Waals surface area contributed by atoms with Crippen LogP contribution >= 0.6 is 22.9 Å². The van der Waals surface area contributed by atoms with E-state index in [1.807, 2.05) is 19.2 Å². The zero-order chi connectivity index (χ0) is 15.6. The van der Waals surface area contributed by atoms with E-state index in [2.05, 4.69) is 20.1 Å². The van der Waals surface area contributed by atoms with Crippen LogP contribution in [0.15, 0.2) is 22.5 Å². The van der Waals surface area contributed by atoms with Gasteiger partial charge in [-0.1, -0.05) is 25.4 Å². The van der Waals surface area contributed by atoms with Crippen molar-refractivity contribution in [2.45, 2.75) is 24.7 Å². The third kappa shape index (κ3) is 3.62. The average molecular weight is 348 g/mol.